The minimum Gasteiger partial charge on any atom is -0.452 e. The van der Waals surface area contributed by atoms with Gasteiger partial charge in [-0.15, -0.1) is 0 Å². The second kappa shape index (κ2) is 9.16. The van der Waals surface area contributed by atoms with Crippen molar-refractivity contribution in [1.82, 2.24) is 15.4 Å². The summed E-state index contributed by atoms with van der Waals surface area (Å²) in [7, 11) is -3.86. The molecule has 0 aliphatic heterocycles. The fourth-order valence-electron chi connectivity index (χ4n) is 1.98. The predicted molar refractivity (Wildman–Crippen MR) is 96.9 cm³/mol. The minimum atomic E-state index is -3.86. The monoisotopic (exact) mass is 417 g/mol. The molecule has 2 rings (SSSR count). The zero-order valence-electron chi connectivity index (χ0n) is 14.6. The van der Waals surface area contributed by atoms with E-state index >= 15 is 0 Å². The first-order valence-corrected chi connectivity index (χ1v) is 10.2. The Balaban J connectivity index is 1.97. The van der Waals surface area contributed by atoms with Crippen molar-refractivity contribution < 1.29 is 27.5 Å². The van der Waals surface area contributed by atoms with Gasteiger partial charge in [0.2, 0.25) is 10.0 Å². The lowest BCUT2D eigenvalue weighted by Crippen LogP contribution is -2.41. The summed E-state index contributed by atoms with van der Waals surface area (Å²) in [6.07, 6.45) is 2.20. The van der Waals surface area contributed by atoms with Crippen LogP contribution in [0.25, 0.3) is 0 Å². The van der Waals surface area contributed by atoms with Crippen LogP contribution in [0.5, 0.6) is 0 Å². The fourth-order valence-corrected chi connectivity index (χ4v) is 3.81. The highest BCUT2D eigenvalue weighted by molar-refractivity contribution is 7.89. The molecule has 0 heterocycles. The molecule has 3 amide bonds. The molecular weight excluding hydrogens is 398 g/mol. The number of esters is 1. The number of halogens is 1. The first kappa shape index (κ1) is 21.1. The molecule has 0 atom stereocenters. The number of ether oxygens (including phenoxy) is 1. The lowest BCUT2D eigenvalue weighted by atomic mass is 10.2. The highest BCUT2D eigenvalue weighted by atomic mass is 35.5. The standard InChI is InChI=1S/C16H20ClN3O6S/c1-2-7-18-16(23)19-14(21)9-26-15(22)10-3-6-12(17)13(8-10)27(24,25)20-11-4-5-11/h3,6,8,11,20H,2,4-5,7,9H2,1H3,(H2,18,19,21,23). The normalized spacial score (nSPS) is 13.7. The zero-order valence-corrected chi connectivity index (χ0v) is 16.2. The predicted octanol–water partition coefficient (Wildman–Crippen LogP) is 1.17. The summed E-state index contributed by atoms with van der Waals surface area (Å²) < 4.78 is 31.9. The van der Waals surface area contributed by atoms with E-state index in [1.165, 1.54) is 12.1 Å². The van der Waals surface area contributed by atoms with Gasteiger partial charge in [0.1, 0.15) is 4.90 Å². The zero-order chi connectivity index (χ0) is 20.0. The van der Waals surface area contributed by atoms with Crippen molar-refractivity contribution in [3.8, 4) is 0 Å². The van der Waals surface area contributed by atoms with E-state index in [9.17, 15) is 22.8 Å². The molecule has 0 radical (unpaired) electrons. The van der Waals surface area contributed by atoms with Crippen LogP contribution in [0, 0.1) is 0 Å². The third-order valence-corrected chi connectivity index (χ3v) is 5.48. The van der Waals surface area contributed by atoms with Gasteiger partial charge in [0, 0.05) is 12.6 Å². The van der Waals surface area contributed by atoms with Crippen molar-refractivity contribution in [1.29, 1.82) is 0 Å². The quantitative estimate of drug-likeness (QED) is 0.544. The molecule has 1 saturated carbocycles. The maximum absolute atomic E-state index is 12.3. The summed E-state index contributed by atoms with van der Waals surface area (Å²) in [6, 6.07) is 2.82. The van der Waals surface area contributed by atoms with Gasteiger partial charge in [-0.3, -0.25) is 10.1 Å². The van der Waals surface area contributed by atoms with Gasteiger partial charge >= 0.3 is 12.0 Å². The maximum Gasteiger partial charge on any atom is 0.338 e. The lowest BCUT2D eigenvalue weighted by Gasteiger charge is -2.10. The van der Waals surface area contributed by atoms with Crippen LogP contribution >= 0.6 is 11.6 Å². The minimum absolute atomic E-state index is 0.0370. The van der Waals surface area contributed by atoms with Gasteiger partial charge in [-0.25, -0.2) is 22.7 Å². The Labute approximate surface area is 161 Å². The van der Waals surface area contributed by atoms with Crippen LogP contribution in [-0.4, -0.2) is 45.5 Å². The van der Waals surface area contributed by atoms with E-state index in [2.05, 4.69) is 10.0 Å². The number of carbonyl (C=O) groups excluding carboxylic acids is 3. The van der Waals surface area contributed by atoms with E-state index in [0.717, 1.165) is 18.9 Å². The Bertz CT molecular complexity index is 839. The SMILES string of the molecule is CCCNC(=O)NC(=O)COC(=O)c1ccc(Cl)c(S(=O)(=O)NC2CC2)c1. The molecule has 0 saturated heterocycles. The average molecular weight is 418 g/mol. The van der Waals surface area contributed by atoms with Crippen LogP contribution in [0.4, 0.5) is 4.79 Å². The van der Waals surface area contributed by atoms with Gasteiger partial charge in [0.25, 0.3) is 5.91 Å². The van der Waals surface area contributed by atoms with Crippen LogP contribution in [0.1, 0.15) is 36.5 Å². The summed E-state index contributed by atoms with van der Waals surface area (Å²) in [6.45, 7) is 1.56. The highest BCUT2D eigenvalue weighted by Gasteiger charge is 2.29. The van der Waals surface area contributed by atoms with Gasteiger partial charge in [0.05, 0.1) is 10.6 Å². The number of rotatable bonds is 8. The summed E-state index contributed by atoms with van der Waals surface area (Å²) in [5, 5.41) is 4.40. The smallest absolute Gasteiger partial charge is 0.338 e. The molecule has 1 aromatic rings. The number of urea groups is 1. The van der Waals surface area contributed by atoms with E-state index in [4.69, 9.17) is 16.3 Å². The van der Waals surface area contributed by atoms with Crippen molar-refractivity contribution >= 4 is 39.5 Å². The molecule has 9 nitrogen and oxygen atoms in total. The number of imide groups is 1. The Hall–Kier alpha value is -2.17. The maximum atomic E-state index is 12.3. The summed E-state index contributed by atoms with van der Waals surface area (Å²) in [5.41, 5.74) is -0.0844. The molecule has 0 spiro atoms. The van der Waals surface area contributed by atoms with Gasteiger partial charge in [-0.2, -0.15) is 0 Å². The first-order valence-electron chi connectivity index (χ1n) is 8.29. The van der Waals surface area contributed by atoms with Crippen LogP contribution in [0.3, 0.4) is 0 Å². The molecule has 11 heteroatoms. The highest BCUT2D eigenvalue weighted by Crippen LogP contribution is 2.27. The van der Waals surface area contributed by atoms with Crippen LogP contribution in [-0.2, 0) is 19.6 Å². The number of nitrogens with one attached hydrogen (secondary N) is 3. The van der Waals surface area contributed by atoms with Crippen molar-refractivity contribution in [2.45, 2.75) is 37.1 Å². The summed E-state index contributed by atoms with van der Waals surface area (Å²) >= 11 is 5.94. The van der Waals surface area contributed by atoms with E-state index in [-0.39, 0.29) is 21.5 Å². The topological polar surface area (TPSA) is 131 Å². The van der Waals surface area contributed by atoms with Crippen LogP contribution < -0.4 is 15.4 Å². The molecule has 0 unspecified atom stereocenters. The largest absolute Gasteiger partial charge is 0.452 e. The molecule has 1 aromatic carbocycles. The van der Waals surface area contributed by atoms with E-state index in [1.807, 2.05) is 12.2 Å². The van der Waals surface area contributed by atoms with Crippen molar-refractivity contribution in [3.05, 3.63) is 28.8 Å². The second-order valence-electron chi connectivity index (χ2n) is 5.92. The van der Waals surface area contributed by atoms with E-state index < -0.39 is 34.5 Å². The van der Waals surface area contributed by atoms with Crippen LogP contribution in [0.15, 0.2) is 23.1 Å². The number of carbonyl (C=O) groups is 3. The van der Waals surface area contributed by atoms with Gasteiger partial charge in [-0.1, -0.05) is 18.5 Å². The number of hydrogen-bond donors (Lipinski definition) is 3. The molecule has 1 aliphatic rings. The summed E-state index contributed by atoms with van der Waals surface area (Å²) in [4.78, 5) is 34.8. The second-order valence-corrected chi connectivity index (χ2v) is 8.01. The van der Waals surface area contributed by atoms with Crippen molar-refractivity contribution in [2.75, 3.05) is 13.2 Å². The van der Waals surface area contributed by atoms with Crippen LogP contribution in [0.2, 0.25) is 5.02 Å². The molecule has 1 aliphatic carbocycles. The van der Waals surface area contributed by atoms with E-state index in [1.54, 1.807) is 0 Å². The molecule has 3 N–H and O–H groups in total. The fraction of sp³-hybridized carbons (Fsp3) is 0.438. The first-order chi connectivity index (χ1) is 12.7. The Morgan fingerprint density at radius 3 is 2.59 bits per heavy atom. The number of benzene rings is 1. The summed E-state index contributed by atoms with van der Waals surface area (Å²) in [5.74, 6) is -1.73. The van der Waals surface area contributed by atoms with Gasteiger partial charge < -0.3 is 10.1 Å². The Morgan fingerprint density at radius 1 is 1.26 bits per heavy atom. The number of amides is 3. The third kappa shape index (κ3) is 6.49. The molecule has 0 bridgehead atoms. The number of hydrogen-bond acceptors (Lipinski definition) is 6. The molecule has 148 valence electrons. The molecule has 0 aromatic heterocycles. The van der Waals surface area contributed by atoms with Gasteiger partial charge in [0.15, 0.2) is 6.61 Å². The molecule has 1 fully saturated rings. The van der Waals surface area contributed by atoms with Gasteiger partial charge in [-0.05, 0) is 37.5 Å². The Kier molecular flexibility index (Phi) is 7.17. The number of sulfonamides is 1. The molecular formula is C16H20ClN3O6S. The Morgan fingerprint density at radius 2 is 1.96 bits per heavy atom. The lowest BCUT2D eigenvalue weighted by molar-refractivity contribution is -0.123. The molecule has 27 heavy (non-hydrogen) atoms. The van der Waals surface area contributed by atoms with E-state index in [0.29, 0.717) is 13.0 Å². The van der Waals surface area contributed by atoms with Crippen molar-refractivity contribution in [3.63, 3.8) is 0 Å². The average Bonchev–Trinajstić information content (AvgIpc) is 3.41. The third-order valence-electron chi connectivity index (χ3n) is 3.48. The van der Waals surface area contributed by atoms with Crippen molar-refractivity contribution in [2.24, 2.45) is 0 Å².